The number of hydrogen-bond donors (Lipinski definition) is 1. The Hall–Kier alpha value is -3.81. The number of carbonyl (C=O) groups excluding carboxylic acids is 1. The number of nitrogens with one attached hydrogen (secondary N) is 1. The fraction of sp³-hybridized carbons (Fsp3) is 0.100. The minimum atomic E-state index is -0.325. The van der Waals surface area contributed by atoms with Gasteiger partial charge in [0.25, 0.3) is 5.91 Å². The van der Waals surface area contributed by atoms with Gasteiger partial charge in [0.1, 0.15) is 5.82 Å². The second kappa shape index (κ2) is 7.07. The second-order valence-corrected chi connectivity index (χ2v) is 6.24. The number of pyridine rings is 1. The maximum absolute atomic E-state index is 13.2. The van der Waals surface area contributed by atoms with E-state index < -0.39 is 0 Å². The number of carbonyl (C=O) groups is 1. The number of benzene rings is 1. The lowest BCUT2D eigenvalue weighted by Crippen LogP contribution is -2.14. The van der Waals surface area contributed by atoms with Crippen LogP contribution in [0.15, 0.2) is 61.1 Å². The van der Waals surface area contributed by atoms with E-state index in [1.54, 1.807) is 66.1 Å². The van der Waals surface area contributed by atoms with Crippen LogP contribution in [0.3, 0.4) is 0 Å². The zero-order valence-corrected chi connectivity index (χ0v) is 15.3. The van der Waals surface area contributed by atoms with E-state index in [9.17, 15) is 9.18 Å². The zero-order chi connectivity index (χ0) is 19.7. The number of hydrogen-bond acceptors (Lipinski definition) is 4. The first-order valence-electron chi connectivity index (χ1n) is 8.62. The highest BCUT2D eigenvalue weighted by molar-refractivity contribution is 6.05. The minimum Gasteiger partial charge on any atom is -0.320 e. The monoisotopic (exact) mass is 376 g/mol. The van der Waals surface area contributed by atoms with Crippen LogP contribution in [0.5, 0.6) is 0 Å². The van der Waals surface area contributed by atoms with E-state index >= 15 is 0 Å². The standard InChI is InChI=1S/C20H17FN6O/c1-13-19(14(2)27(25-13)17-7-4-15(21)5-8-17)20(28)24-16-6-9-18(22-12-16)26-11-3-10-23-26/h3-12H,1-2H3,(H,24,28). The average molecular weight is 376 g/mol. The van der Waals surface area contributed by atoms with E-state index in [1.807, 2.05) is 6.07 Å². The lowest BCUT2D eigenvalue weighted by atomic mass is 10.1. The molecule has 0 aliphatic rings. The Balaban J connectivity index is 1.57. The highest BCUT2D eigenvalue weighted by atomic mass is 19.1. The molecule has 0 unspecified atom stereocenters. The van der Waals surface area contributed by atoms with Crippen LogP contribution in [0, 0.1) is 19.7 Å². The fourth-order valence-electron chi connectivity index (χ4n) is 3.00. The summed E-state index contributed by atoms with van der Waals surface area (Å²) in [5.74, 6) is 0.0470. The number of aryl methyl sites for hydroxylation is 1. The Morgan fingerprint density at radius 1 is 1.11 bits per heavy atom. The van der Waals surface area contributed by atoms with Gasteiger partial charge >= 0.3 is 0 Å². The molecule has 28 heavy (non-hydrogen) atoms. The third kappa shape index (κ3) is 3.27. The Labute approximate surface area is 160 Å². The maximum atomic E-state index is 13.2. The van der Waals surface area contributed by atoms with Crippen LogP contribution in [0.4, 0.5) is 10.1 Å². The van der Waals surface area contributed by atoms with Crippen molar-refractivity contribution in [2.45, 2.75) is 13.8 Å². The molecule has 3 heterocycles. The van der Waals surface area contributed by atoms with Crippen molar-refractivity contribution >= 4 is 11.6 Å². The summed E-state index contributed by atoms with van der Waals surface area (Å²) < 4.78 is 16.4. The first-order chi connectivity index (χ1) is 13.5. The van der Waals surface area contributed by atoms with Gasteiger partial charge in [0, 0.05) is 12.4 Å². The molecule has 140 valence electrons. The van der Waals surface area contributed by atoms with Crippen molar-refractivity contribution in [3.63, 3.8) is 0 Å². The molecule has 0 spiro atoms. The summed E-state index contributed by atoms with van der Waals surface area (Å²) in [7, 11) is 0. The van der Waals surface area contributed by atoms with Gasteiger partial charge in [-0.15, -0.1) is 0 Å². The Bertz CT molecular complexity index is 1110. The molecule has 0 fully saturated rings. The van der Waals surface area contributed by atoms with E-state index in [-0.39, 0.29) is 11.7 Å². The van der Waals surface area contributed by atoms with E-state index in [1.165, 1.54) is 12.1 Å². The summed E-state index contributed by atoms with van der Waals surface area (Å²) in [6.07, 6.45) is 5.03. The van der Waals surface area contributed by atoms with Crippen molar-refractivity contribution < 1.29 is 9.18 Å². The molecular formula is C20H17FN6O. The molecule has 1 N–H and O–H groups in total. The van der Waals surface area contributed by atoms with Crippen molar-refractivity contribution in [1.82, 2.24) is 24.5 Å². The van der Waals surface area contributed by atoms with Crippen LogP contribution < -0.4 is 5.32 Å². The van der Waals surface area contributed by atoms with Gasteiger partial charge in [-0.1, -0.05) is 0 Å². The average Bonchev–Trinajstić information content (AvgIpc) is 3.31. The molecule has 4 rings (SSSR count). The van der Waals surface area contributed by atoms with Crippen LogP contribution in [-0.4, -0.2) is 30.5 Å². The van der Waals surface area contributed by atoms with Gasteiger partial charge < -0.3 is 5.32 Å². The van der Waals surface area contributed by atoms with Crippen molar-refractivity contribution in [3.8, 4) is 11.5 Å². The molecular weight excluding hydrogens is 359 g/mol. The fourth-order valence-corrected chi connectivity index (χ4v) is 3.00. The lowest BCUT2D eigenvalue weighted by Gasteiger charge is -2.07. The first kappa shape index (κ1) is 17.6. The lowest BCUT2D eigenvalue weighted by molar-refractivity contribution is 0.102. The predicted molar refractivity (Wildman–Crippen MR) is 102 cm³/mol. The van der Waals surface area contributed by atoms with Gasteiger partial charge in [-0.05, 0) is 56.3 Å². The minimum absolute atomic E-state index is 0.281. The summed E-state index contributed by atoms with van der Waals surface area (Å²) >= 11 is 0. The van der Waals surface area contributed by atoms with Gasteiger partial charge in [-0.25, -0.2) is 18.7 Å². The van der Waals surface area contributed by atoms with Gasteiger partial charge in [0.2, 0.25) is 0 Å². The molecule has 7 nitrogen and oxygen atoms in total. The van der Waals surface area contributed by atoms with Gasteiger partial charge in [0.15, 0.2) is 5.82 Å². The van der Waals surface area contributed by atoms with Crippen molar-refractivity contribution in [2.24, 2.45) is 0 Å². The zero-order valence-electron chi connectivity index (χ0n) is 15.3. The highest BCUT2D eigenvalue weighted by Gasteiger charge is 2.19. The number of amides is 1. The van der Waals surface area contributed by atoms with Crippen LogP contribution in [0.25, 0.3) is 11.5 Å². The molecule has 0 bridgehead atoms. The largest absolute Gasteiger partial charge is 0.320 e. The van der Waals surface area contributed by atoms with Gasteiger partial charge in [-0.3, -0.25) is 4.79 Å². The molecule has 1 aromatic carbocycles. The van der Waals surface area contributed by atoms with E-state index in [2.05, 4.69) is 20.5 Å². The van der Waals surface area contributed by atoms with E-state index in [4.69, 9.17) is 0 Å². The molecule has 0 aliphatic carbocycles. The highest BCUT2D eigenvalue weighted by Crippen LogP contribution is 2.20. The number of anilines is 1. The van der Waals surface area contributed by atoms with Crippen LogP contribution in [0.2, 0.25) is 0 Å². The SMILES string of the molecule is Cc1nn(-c2ccc(F)cc2)c(C)c1C(=O)Nc1ccc(-n2cccn2)nc1. The number of rotatable bonds is 4. The number of halogens is 1. The summed E-state index contributed by atoms with van der Waals surface area (Å²) in [4.78, 5) is 17.1. The number of aromatic nitrogens is 5. The van der Waals surface area contributed by atoms with E-state index in [0.717, 1.165) is 0 Å². The van der Waals surface area contributed by atoms with Crippen LogP contribution in [0.1, 0.15) is 21.7 Å². The third-order valence-corrected chi connectivity index (χ3v) is 4.33. The molecule has 0 aliphatic heterocycles. The Morgan fingerprint density at radius 3 is 2.54 bits per heavy atom. The molecule has 0 saturated heterocycles. The number of nitrogens with zero attached hydrogens (tertiary/aromatic N) is 5. The quantitative estimate of drug-likeness (QED) is 0.592. The normalized spacial score (nSPS) is 10.8. The molecule has 0 atom stereocenters. The predicted octanol–water partition coefficient (Wildman–Crippen LogP) is 3.46. The van der Waals surface area contributed by atoms with E-state index in [0.29, 0.717) is 34.1 Å². The molecule has 0 radical (unpaired) electrons. The van der Waals surface area contributed by atoms with Crippen LogP contribution in [-0.2, 0) is 0 Å². The molecule has 0 saturated carbocycles. The maximum Gasteiger partial charge on any atom is 0.259 e. The summed E-state index contributed by atoms with van der Waals surface area (Å²) in [6, 6.07) is 11.3. The van der Waals surface area contributed by atoms with Crippen molar-refractivity contribution in [3.05, 3.63) is 83.8 Å². The van der Waals surface area contributed by atoms with Gasteiger partial charge in [-0.2, -0.15) is 10.2 Å². The van der Waals surface area contributed by atoms with Gasteiger partial charge in [0.05, 0.1) is 34.5 Å². The summed E-state index contributed by atoms with van der Waals surface area (Å²) in [6.45, 7) is 3.57. The smallest absolute Gasteiger partial charge is 0.259 e. The topological polar surface area (TPSA) is 77.6 Å². The molecule has 3 aromatic heterocycles. The van der Waals surface area contributed by atoms with Crippen molar-refractivity contribution in [1.29, 1.82) is 0 Å². The Kier molecular flexibility index (Phi) is 4.44. The first-order valence-corrected chi connectivity index (χ1v) is 8.62. The third-order valence-electron chi connectivity index (χ3n) is 4.33. The van der Waals surface area contributed by atoms with Crippen LogP contribution >= 0.6 is 0 Å². The van der Waals surface area contributed by atoms with Crippen molar-refractivity contribution in [2.75, 3.05) is 5.32 Å². The summed E-state index contributed by atoms with van der Waals surface area (Å²) in [5.41, 5.74) is 2.98. The molecule has 1 amide bonds. The molecule has 4 aromatic rings. The second-order valence-electron chi connectivity index (χ2n) is 6.24. The molecule has 8 heteroatoms. The Morgan fingerprint density at radius 2 is 1.89 bits per heavy atom. The summed E-state index contributed by atoms with van der Waals surface area (Å²) in [5, 5.41) is 11.4.